The molecule has 9 nitrogen and oxygen atoms in total. The first-order chi connectivity index (χ1) is 13.5. The molecule has 0 bridgehead atoms. The zero-order chi connectivity index (χ0) is 19.9. The highest BCUT2D eigenvalue weighted by Gasteiger charge is 2.24. The third-order valence-corrected chi connectivity index (χ3v) is 5.43. The van der Waals surface area contributed by atoms with Gasteiger partial charge in [-0.15, -0.1) is 11.3 Å². The molecule has 2 aromatic heterocycles. The Bertz CT molecular complexity index is 812. The number of imide groups is 1. The van der Waals surface area contributed by atoms with Crippen LogP contribution in [-0.4, -0.2) is 53.4 Å². The second-order valence-electron chi connectivity index (χ2n) is 6.60. The monoisotopic (exact) mass is 405 g/mol. The SMILES string of the molecule is Cc1ncsc1C(=O)NC1CCN(CC(=O)NC(=O)NCc2ccco2)CC1. The Morgan fingerprint density at radius 1 is 1.32 bits per heavy atom. The minimum absolute atomic E-state index is 0.0740. The number of likely N-dealkylation sites (tertiary alicyclic amines) is 1. The number of piperidine rings is 1. The highest BCUT2D eigenvalue weighted by Crippen LogP contribution is 2.15. The molecule has 0 saturated carbocycles. The van der Waals surface area contributed by atoms with Gasteiger partial charge in [-0.25, -0.2) is 9.78 Å². The summed E-state index contributed by atoms with van der Waals surface area (Å²) in [6.07, 6.45) is 3.02. The van der Waals surface area contributed by atoms with Gasteiger partial charge in [-0.05, 0) is 31.9 Å². The Labute approximate surface area is 166 Å². The van der Waals surface area contributed by atoms with Gasteiger partial charge in [0, 0.05) is 19.1 Å². The van der Waals surface area contributed by atoms with Crippen LogP contribution in [0.2, 0.25) is 0 Å². The number of nitrogens with zero attached hydrogens (tertiary/aromatic N) is 2. The molecule has 0 spiro atoms. The van der Waals surface area contributed by atoms with Gasteiger partial charge in [0.05, 0.1) is 30.6 Å². The summed E-state index contributed by atoms with van der Waals surface area (Å²) >= 11 is 1.33. The van der Waals surface area contributed by atoms with Crippen LogP contribution >= 0.6 is 11.3 Å². The molecule has 0 unspecified atom stereocenters. The maximum atomic E-state index is 12.3. The van der Waals surface area contributed by atoms with E-state index in [1.807, 2.05) is 11.8 Å². The summed E-state index contributed by atoms with van der Waals surface area (Å²) in [5, 5.41) is 7.90. The molecule has 0 atom stereocenters. The van der Waals surface area contributed by atoms with Crippen LogP contribution in [0.25, 0.3) is 0 Å². The van der Waals surface area contributed by atoms with E-state index in [9.17, 15) is 14.4 Å². The summed E-state index contributed by atoms with van der Waals surface area (Å²) in [6, 6.07) is 2.99. The van der Waals surface area contributed by atoms with Crippen molar-refractivity contribution in [1.82, 2.24) is 25.8 Å². The number of nitrogens with one attached hydrogen (secondary N) is 3. The number of carbonyl (C=O) groups is 3. The van der Waals surface area contributed by atoms with E-state index in [1.165, 1.54) is 17.6 Å². The summed E-state index contributed by atoms with van der Waals surface area (Å²) in [5.41, 5.74) is 2.40. The normalized spacial score (nSPS) is 15.2. The maximum absolute atomic E-state index is 12.3. The van der Waals surface area contributed by atoms with E-state index in [0.29, 0.717) is 23.7 Å². The molecule has 1 aliphatic heterocycles. The Kier molecular flexibility index (Phi) is 6.77. The molecule has 1 aliphatic rings. The molecule has 3 rings (SSSR count). The van der Waals surface area contributed by atoms with Gasteiger partial charge in [0.25, 0.3) is 5.91 Å². The Balaban J connectivity index is 1.34. The van der Waals surface area contributed by atoms with Gasteiger partial charge in [-0.3, -0.25) is 19.8 Å². The van der Waals surface area contributed by atoms with Crippen LogP contribution in [0.5, 0.6) is 0 Å². The zero-order valence-electron chi connectivity index (χ0n) is 15.6. The molecular weight excluding hydrogens is 382 g/mol. The predicted octanol–water partition coefficient (Wildman–Crippen LogP) is 1.26. The summed E-state index contributed by atoms with van der Waals surface area (Å²) in [4.78, 5) is 42.7. The van der Waals surface area contributed by atoms with Gasteiger partial charge in [-0.2, -0.15) is 0 Å². The molecule has 10 heteroatoms. The molecule has 1 saturated heterocycles. The van der Waals surface area contributed by atoms with Crippen molar-refractivity contribution in [3.05, 3.63) is 40.2 Å². The Morgan fingerprint density at radius 2 is 2.11 bits per heavy atom. The predicted molar refractivity (Wildman–Crippen MR) is 103 cm³/mol. The van der Waals surface area contributed by atoms with Gasteiger partial charge in [0.1, 0.15) is 10.6 Å². The van der Waals surface area contributed by atoms with E-state index in [1.54, 1.807) is 17.6 Å². The largest absolute Gasteiger partial charge is 0.467 e. The average Bonchev–Trinajstić information content (AvgIpc) is 3.33. The molecule has 0 aromatic carbocycles. The van der Waals surface area contributed by atoms with E-state index in [-0.39, 0.29) is 30.9 Å². The van der Waals surface area contributed by atoms with Crippen molar-refractivity contribution in [1.29, 1.82) is 0 Å². The number of aryl methyl sites for hydroxylation is 1. The summed E-state index contributed by atoms with van der Waals surface area (Å²) in [6.45, 7) is 3.53. The van der Waals surface area contributed by atoms with Crippen LogP contribution in [0.1, 0.15) is 34.0 Å². The van der Waals surface area contributed by atoms with E-state index >= 15 is 0 Å². The summed E-state index contributed by atoms with van der Waals surface area (Å²) < 4.78 is 5.11. The molecule has 28 heavy (non-hydrogen) atoms. The third-order valence-electron chi connectivity index (χ3n) is 4.50. The topological polar surface area (TPSA) is 117 Å². The van der Waals surface area contributed by atoms with Crippen molar-refractivity contribution in [3.8, 4) is 0 Å². The number of amides is 4. The fourth-order valence-corrected chi connectivity index (χ4v) is 3.71. The lowest BCUT2D eigenvalue weighted by molar-refractivity contribution is -0.121. The van der Waals surface area contributed by atoms with Crippen molar-refractivity contribution in [2.24, 2.45) is 0 Å². The smallest absolute Gasteiger partial charge is 0.321 e. The van der Waals surface area contributed by atoms with Gasteiger partial charge in [-0.1, -0.05) is 0 Å². The molecule has 1 fully saturated rings. The Morgan fingerprint density at radius 3 is 2.75 bits per heavy atom. The molecule has 3 N–H and O–H groups in total. The lowest BCUT2D eigenvalue weighted by Gasteiger charge is -2.31. The van der Waals surface area contributed by atoms with Crippen LogP contribution in [0.3, 0.4) is 0 Å². The summed E-state index contributed by atoms with van der Waals surface area (Å²) in [7, 11) is 0. The van der Waals surface area contributed by atoms with E-state index in [2.05, 4.69) is 20.9 Å². The zero-order valence-corrected chi connectivity index (χ0v) is 16.4. The minimum Gasteiger partial charge on any atom is -0.467 e. The van der Waals surface area contributed by atoms with Crippen molar-refractivity contribution >= 4 is 29.2 Å². The number of hydrogen-bond acceptors (Lipinski definition) is 7. The maximum Gasteiger partial charge on any atom is 0.321 e. The van der Waals surface area contributed by atoms with E-state index < -0.39 is 6.03 Å². The van der Waals surface area contributed by atoms with Crippen LogP contribution in [0, 0.1) is 6.92 Å². The second-order valence-corrected chi connectivity index (χ2v) is 7.46. The standard InChI is InChI=1S/C18H23N5O4S/c1-12-16(28-11-20-12)17(25)21-13-4-6-23(7-5-13)10-15(24)22-18(26)19-9-14-3-2-8-27-14/h2-3,8,11,13H,4-7,9-10H2,1H3,(H,21,25)(H2,19,22,24,26). The van der Waals surface area contributed by atoms with Crippen LogP contribution < -0.4 is 16.0 Å². The lowest BCUT2D eigenvalue weighted by Crippen LogP contribution is -2.49. The number of rotatable bonds is 6. The second kappa shape index (κ2) is 9.47. The Hall–Kier alpha value is -2.72. The van der Waals surface area contributed by atoms with Crippen molar-refractivity contribution in [2.45, 2.75) is 32.4 Å². The van der Waals surface area contributed by atoms with Crippen LogP contribution in [-0.2, 0) is 11.3 Å². The number of carbonyl (C=O) groups excluding carboxylic acids is 3. The molecule has 150 valence electrons. The van der Waals surface area contributed by atoms with E-state index in [4.69, 9.17) is 4.42 Å². The van der Waals surface area contributed by atoms with Crippen LogP contribution in [0.4, 0.5) is 4.79 Å². The van der Waals surface area contributed by atoms with Crippen molar-refractivity contribution < 1.29 is 18.8 Å². The number of thiazole rings is 1. The molecule has 4 amide bonds. The summed E-state index contributed by atoms with van der Waals surface area (Å²) in [5.74, 6) is 0.157. The number of furan rings is 1. The van der Waals surface area contributed by atoms with Crippen molar-refractivity contribution in [2.75, 3.05) is 19.6 Å². The van der Waals surface area contributed by atoms with Crippen LogP contribution in [0.15, 0.2) is 28.3 Å². The first-order valence-corrected chi connectivity index (χ1v) is 9.92. The average molecular weight is 405 g/mol. The highest BCUT2D eigenvalue weighted by molar-refractivity contribution is 7.11. The first-order valence-electron chi connectivity index (χ1n) is 9.04. The third kappa shape index (κ3) is 5.64. The quantitative estimate of drug-likeness (QED) is 0.666. The highest BCUT2D eigenvalue weighted by atomic mass is 32.1. The van der Waals surface area contributed by atoms with Gasteiger partial charge in [0.2, 0.25) is 5.91 Å². The first kappa shape index (κ1) is 20.0. The number of aromatic nitrogens is 1. The molecule has 2 aromatic rings. The lowest BCUT2D eigenvalue weighted by atomic mass is 10.0. The fourth-order valence-electron chi connectivity index (χ4n) is 3.00. The molecule has 0 radical (unpaired) electrons. The van der Waals surface area contributed by atoms with Gasteiger partial charge >= 0.3 is 6.03 Å². The van der Waals surface area contributed by atoms with Crippen molar-refractivity contribution in [3.63, 3.8) is 0 Å². The molecular formula is C18H23N5O4S. The minimum atomic E-state index is -0.552. The number of hydrogen-bond donors (Lipinski definition) is 3. The number of urea groups is 1. The fraction of sp³-hybridized carbons (Fsp3) is 0.444. The van der Waals surface area contributed by atoms with Gasteiger partial charge in [0.15, 0.2) is 0 Å². The molecule has 0 aliphatic carbocycles. The van der Waals surface area contributed by atoms with Gasteiger partial charge < -0.3 is 15.1 Å². The molecule has 3 heterocycles. The van der Waals surface area contributed by atoms with E-state index in [0.717, 1.165) is 18.5 Å².